The molecule has 9 heteroatoms. The summed E-state index contributed by atoms with van der Waals surface area (Å²) in [5.74, 6) is -0.983. The Bertz CT molecular complexity index is 1130. The van der Waals surface area contributed by atoms with E-state index in [2.05, 4.69) is 10.0 Å². The molecule has 1 aliphatic carbocycles. The van der Waals surface area contributed by atoms with Crippen LogP contribution in [0.5, 0.6) is 0 Å². The van der Waals surface area contributed by atoms with Gasteiger partial charge >= 0.3 is 0 Å². The second-order valence-corrected chi connectivity index (χ2v) is 9.38. The molecule has 1 aliphatic heterocycles. The van der Waals surface area contributed by atoms with Crippen molar-refractivity contribution in [3.8, 4) is 0 Å². The normalized spacial score (nSPS) is 16.0. The Hall–Kier alpha value is -2.94. The summed E-state index contributed by atoms with van der Waals surface area (Å²) in [6.45, 7) is 2.37. The Morgan fingerprint density at radius 2 is 1.87 bits per heavy atom. The zero-order valence-corrected chi connectivity index (χ0v) is 17.3. The molecular weight excluding hydrogens is 409 g/mol. The van der Waals surface area contributed by atoms with Crippen molar-refractivity contribution in [3.63, 3.8) is 0 Å². The summed E-state index contributed by atoms with van der Waals surface area (Å²) in [5.41, 5.74) is 2.25. The van der Waals surface area contributed by atoms with Gasteiger partial charge in [0.2, 0.25) is 11.8 Å². The van der Waals surface area contributed by atoms with Gasteiger partial charge in [0.1, 0.15) is 5.82 Å². The van der Waals surface area contributed by atoms with Crippen LogP contribution < -0.4 is 10.0 Å². The minimum atomic E-state index is -4.02. The van der Waals surface area contributed by atoms with Crippen LogP contribution in [0.25, 0.3) is 0 Å². The van der Waals surface area contributed by atoms with Gasteiger partial charge in [-0.05, 0) is 60.7 Å². The standard InChI is InChI=1S/C21H22FN3O4S/c1-13(26)23-20-7-6-18(11-19(20)22)30(28,29)24-17-5-4-14-8-9-25(12-16(14)10-17)21(27)15-2-3-15/h4-7,10-11,15,24H,2-3,8-9,12H2,1H3,(H,23,26). The van der Waals surface area contributed by atoms with E-state index >= 15 is 0 Å². The van der Waals surface area contributed by atoms with Gasteiger partial charge in [0.15, 0.2) is 0 Å². The second kappa shape index (κ2) is 7.71. The first kappa shape index (κ1) is 20.3. The number of carbonyl (C=O) groups excluding carboxylic acids is 2. The van der Waals surface area contributed by atoms with Crippen LogP contribution >= 0.6 is 0 Å². The number of nitrogens with zero attached hydrogens (tertiary/aromatic N) is 1. The van der Waals surface area contributed by atoms with Gasteiger partial charge in [-0.2, -0.15) is 0 Å². The molecule has 2 aromatic rings. The molecule has 2 aliphatic rings. The Balaban J connectivity index is 1.52. The monoisotopic (exact) mass is 431 g/mol. The maximum absolute atomic E-state index is 14.1. The third kappa shape index (κ3) is 4.30. The molecule has 7 nitrogen and oxygen atoms in total. The summed E-state index contributed by atoms with van der Waals surface area (Å²) in [6, 6.07) is 8.54. The van der Waals surface area contributed by atoms with E-state index in [1.807, 2.05) is 11.0 Å². The zero-order chi connectivity index (χ0) is 21.5. The number of anilines is 2. The van der Waals surface area contributed by atoms with Crippen molar-refractivity contribution in [1.82, 2.24) is 4.90 Å². The van der Waals surface area contributed by atoms with Crippen LogP contribution in [0, 0.1) is 11.7 Å². The number of halogens is 1. The minimum absolute atomic E-state index is 0.0874. The molecule has 0 aromatic heterocycles. The molecular formula is C21H22FN3O4S. The highest BCUT2D eigenvalue weighted by atomic mass is 32.2. The van der Waals surface area contributed by atoms with E-state index in [4.69, 9.17) is 0 Å². The maximum atomic E-state index is 14.1. The van der Waals surface area contributed by atoms with Crippen molar-refractivity contribution in [2.75, 3.05) is 16.6 Å². The van der Waals surface area contributed by atoms with E-state index in [0.717, 1.165) is 36.5 Å². The smallest absolute Gasteiger partial charge is 0.261 e. The van der Waals surface area contributed by atoms with E-state index in [0.29, 0.717) is 18.8 Å². The van der Waals surface area contributed by atoms with Crippen molar-refractivity contribution < 1.29 is 22.4 Å². The van der Waals surface area contributed by atoms with Crippen LogP contribution in [0.15, 0.2) is 41.3 Å². The lowest BCUT2D eigenvalue weighted by Crippen LogP contribution is -2.36. The predicted molar refractivity (Wildman–Crippen MR) is 110 cm³/mol. The number of hydrogen-bond acceptors (Lipinski definition) is 4. The molecule has 2 aromatic carbocycles. The molecule has 4 rings (SSSR count). The summed E-state index contributed by atoms with van der Waals surface area (Å²) in [6.07, 6.45) is 2.62. The number of sulfonamides is 1. The lowest BCUT2D eigenvalue weighted by molar-refractivity contribution is -0.133. The molecule has 0 bridgehead atoms. The Morgan fingerprint density at radius 3 is 2.53 bits per heavy atom. The van der Waals surface area contributed by atoms with Crippen molar-refractivity contribution in [2.45, 2.75) is 37.6 Å². The highest BCUT2D eigenvalue weighted by molar-refractivity contribution is 7.92. The topological polar surface area (TPSA) is 95.6 Å². The average molecular weight is 431 g/mol. The largest absolute Gasteiger partial charge is 0.338 e. The number of carbonyl (C=O) groups is 2. The van der Waals surface area contributed by atoms with Crippen LogP contribution in [-0.2, 0) is 32.6 Å². The van der Waals surface area contributed by atoms with Crippen molar-refractivity contribution in [2.24, 2.45) is 5.92 Å². The highest BCUT2D eigenvalue weighted by Gasteiger charge is 2.34. The molecule has 0 spiro atoms. The highest BCUT2D eigenvalue weighted by Crippen LogP contribution is 2.33. The van der Waals surface area contributed by atoms with Gasteiger partial charge in [-0.1, -0.05) is 6.07 Å². The summed E-state index contributed by atoms with van der Waals surface area (Å²) in [5, 5.41) is 2.30. The molecule has 0 radical (unpaired) electrons. The van der Waals surface area contributed by atoms with Gasteiger partial charge in [0.05, 0.1) is 10.6 Å². The zero-order valence-electron chi connectivity index (χ0n) is 16.4. The molecule has 0 saturated heterocycles. The first-order valence-corrected chi connectivity index (χ1v) is 11.2. The van der Waals surface area contributed by atoms with Gasteiger partial charge in [-0.3, -0.25) is 14.3 Å². The fourth-order valence-electron chi connectivity index (χ4n) is 3.57. The van der Waals surface area contributed by atoms with Crippen LogP contribution in [0.4, 0.5) is 15.8 Å². The number of hydrogen-bond donors (Lipinski definition) is 2. The number of nitrogens with one attached hydrogen (secondary N) is 2. The molecule has 0 atom stereocenters. The van der Waals surface area contributed by atoms with E-state index < -0.39 is 21.7 Å². The predicted octanol–water partition coefficient (Wildman–Crippen LogP) is 2.88. The lowest BCUT2D eigenvalue weighted by atomic mass is 9.99. The van der Waals surface area contributed by atoms with E-state index in [1.54, 1.807) is 12.1 Å². The van der Waals surface area contributed by atoms with Gasteiger partial charge < -0.3 is 10.2 Å². The van der Waals surface area contributed by atoms with Crippen molar-refractivity contribution in [1.29, 1.82) is 0 Å². The third-order valence-electron chi connectivity index (χ3n) is 5.27. The van der Waals surface area contributed by atoms with E-state index in [1.165, 1.54) is 19.1 Å². The molecule has 2 N–H and O–H groups in total. The van der Waals surface area contributed by atoms with Crippen LogP contribution in [0.1, 0.15) is 30.9 Å². The molecule has 30 heavy (non-hydrogen) atoms. The molecule has 0 unspecified atom stereocenters. The van der Waals surface area contributed by atoms with Crippen LogP contribution in [0.2, 0.25) is 0 Å². The Kier molecular flexibility index (Phi) is 5.23. The minimum Gasteiger partial charge on any atom is -0.338 e. The quantitative estimate of drug-likeness (QED) is 0.761. The van der Waals surface area contributed by atoms with Crippen LogP contribution in [0.3, 0.4) is 0 Å². The maximum Gasteiger partial charge on any atom is 0.261 e. The van der Waals surface area contributed by atoms with Gasteiger partial charge in [-0.25, -0.2) is 12.8 Å². The SMILES string of the molecule is CC(=O)Nc1ccc(S(=O)(=O)Nc2ccc3c(c2)CN(C(=O)C2CC2)CC3)cc1F. The van der Waals surface area contributed by atoms with Crippen molar-refractivity contribution in [3.05, 3.63) is 53.3 Å². The summed E-state index contributed by atoms with van der Waals surface area (Å²) in [4.78, 5) is 25.0. The van der Waals surface area contributed by atoms with Gasteiger partial charge in [-0.15, -0.1) is 0 Å². The molecule has 158 valence electrons. The third-order valence-corrected chi connectivity index (χ3v) is 6.65. The summed E-state index contributed by atoms with van der Waals surface area (Å²) < 4.78 is 42.0. The summed E-state index contributed by atoms with van der Waals surface area (Å²) in [7, 11) is -4.02. The number of benzene rings is 2. The molecule has 1 fully saturated rings. The first-order valence-electron chi connectivity index (χ1n) is 9.73. The Morgan fingerprint density at radius 1 is 1.10 bits per heavy atom. The average Bonchev–Trinajstić information content (AvgIpc) is 3.53. The fraction of sp³-hybridized carbons (Fsp3) is 0.333. The Labute approximate surface area is 174 Å². The fourth-order valence-corrected chi connectivity index (χ4v) is 4.63. The summed E-state index contributed by atoms with van der Waals surface area (Å²) >= 11 is 0. The number of rotatable bonds is 5. The van der Waals surface area contributed by atoms with Gasteiger partial charge in [0.25, 0.3) is 10.0 Å². The van der Waals surface area contributed by atoms with E-state index in [-0.39, 0.29) is 22.4 Å². The molecule has 1 heterocycles. The van der Waals surface area contributed by atoms with Gasteiger partial charge in [0, 0.05) is 31.6 Å². The lowest BCUT2D eigenvalue weighted by Gasteiger charge is -2.29. The number of fused-ring (bicyclic) bond motifs is 1. The number of amides is 2. The second-order valence-electron chi connectivity index (χ2n) is 7.70. The van der Waals surface area contributed by atoms with E-state index in [9.17, 15) is 22.4 Å². The first-order chi connectivity index (χ1) is 14.2. The van der Waals surface area contributed by atoms with Crippen molar-refractivity contribution >= 4 is 33.2 Å². The van der Waals surface area contributed by atoms with Crippen LogP contribution in [-0.4, -0.2) is 31.7 Å². The molecule has 1 saturated carbocycles. The molecule has 2 amide bonds.